The van der Waals surface area contributed by atoms with E-state index < -0.39 is 0 Å². The number of hydrogen-bond acceptors (Lipinski definition) is 3. The second kappa shape index (κ2) is 6.91. The Hall–Kier alpha value is -3.08. The highest BCUT2D eigenvalue weighted by Gasteiger charge is 2.26. The standard InChI is InChI=1S/C22H23N3O2/c1-14-7-10-20(15(2)11-14)25-21(22(26)23-17-8-9-17)13-19(24-25)16-5-4-6-18(12-16)27-3/h4-7,10-13,17H,8-9H2,1-3H3,(H,23,26). The molecule has 0 bridgehead atoms. The van der Waals surface area contributed by atoms with Gasteiger partial charge in [-0.3, -0.25) is 4.79 Å². The van der Waals surface area contributed by atoms with Crippen LogP contribution in [0.2, 0.25) is 0 Å². The number of hydrogen-bond donors (Lipinski definition) is 1. The van der Waals surface area contributed by atoms with E-state index in [0.29, 0.717) is 11.7 Å². The van der Waals surface area contributed by atoms with Gasteiger partial charge in [0, 0.05) is 11.6 Å². The van der Waals surface area contributed by atoms with Crippen molar-refractivity contribution in [2.45, 2.75) is 32.7 Å². The Morgan fingerprint density at radius 3 is 2.67 bits per heavy atom. The maximum atomic E-state index is 12.8. The summed E-state index contributed by atoms with van der Waals surface area (Å²) in [4.78, 5) is 12.8. The molecule has 5 heteroatoms. The van der Waals surface area contributed by atoms with Gasteiger partial charge < -0.3 is 10.1 Å². The molecule has 1 heterocycles. The number of amides is 1. The quantitative estimate of drug-likeness (QED) is 0.746. The molecular weight excluding hydrogens is 338 g/mol. The molecule has 1 aliphatic rings. The molecule has 27 heavy (non-hydrogen) atoms. The van der Waals surface area contributed by atoms with E-state index >= 15 is 0 Å². The van der Waals surface area contributed by atoms with Crippen molar-refractivity contribution in [1.82, 2.24) is 15.1 Å². The lowest BCUT2D eigenvalue weighted by Crippen LogP contribution is -2.27. The largest absolute Gasteiger partial charge is 0.497 e. The number of aryl methyl sites for hydroxylation is 2. The van der Waals surface area contributed by atoms with Gasteiger partial charge >= 0.3 is 0 Å². The summed E-state index contributed by atoms with van der Waals surface area (Å²) >= 11 is 0. The highest BCUT2D eigenvalue weighted by atomic mass is 16.5. The van der Waals surface area contributed by atoms with Crippen molar-refractivity contribution in [1.29, 1.82) is 0 Å². The monoisotopic (exact) mass is 361 g/mol. The maximum Gasteiger partial charge on any atom is 0.270 e. The Kier molecular flexibility index (Phi) is 4.44. The van der Waals surface area contributed by atoms with Gasteiger partial charge in [0.05, 0.1) is 18.5 Å². The molecule has 0 spiro atoms. The summed E-state index contributed by atoms with van der Waals surface area (Å²) in [6.07, 6.45) is 2.10. The summed E-state index contributed by atoms with van der Waals surface area (Å²) in [5.74, 6) is 0.677. The first-order chi connectivity index (χ1) is 13.0. The molecule has 1 fully saturated rings. The molecule has 0 aliphatic heterocycles. The zero-order valence-electron chi connectivity index (χ0n) is 15.8. The number of ether oxygens (including phenoxy) is 1. The van der Waals surface area contributed by atoms with Crippen LogP contribution in [0.25, 0.3) is 16.9 Å². The van der Waals surface area contributed by atoms with Gasteiger partial charge in [0.2, 0.25) is 0 Å². The molecule has 1 N–H and O–H groups in total. The number of aromatic nitrogens is 2. The average Bonchev–Trinajstić information content (AvgIpc) is 3.36. The summed E-state index contributed by atoms with van der Waals surface area (Å²) in [5, 5.41) is 7.84. The Morgan fingerprint density at radius 2 is 1.96 bits per heavy atom. The van der Waals surface area contributed by atoms with Crippen molar-refractivity contribution in [2.75, 3.05) is 7.11 Å². The van der Waals surface area contributed by atoms with Crippen LogP contribution in [-0.2, 0) is 0 Å². The molecule has 1 saturated carbocycles. The van der Waals surface area contributed by atoms with Crippen molar-refractivity contribution in [3.8, 4) is 22.7 Å². The second-order valence-electron chi connectivity index (χ2n) is 7.10. The average molecular weight is 361 g/mol. The van der Waals surface area contributed by atoms with Crippen LogP contribution in [0.3, 0.4) is 0 Å². The minimum absolute atomic E-state index is 0.0841. The summed E-state index contributed by atoms with van der Waals surface area (Å²) < 4.78 is 7.08. The maximum absolute atomic E-state index is 12.8. The number of nitrogens with zero attached hydrogens (tertiary/aromatic N) is 2. The van der Waals surface area contributed by atoms with E-state index in [1.807, 2.05) is 49.4 Å². The molecule has 1 aliphatic carbocycles. The van der Waals surface area contributed by atoms with Crippen LogP contribution in [0.4, 0.5) is 0 Å². The summed E-state index contributed by atoms with van der Waals surface area (Å²) in [6.45, 7) is 4.10. The van der Waals surface area contributed by atoms with Gasteiger partial charge in [0.15, 0.2) is 0 Å². The SMILES string of the molecule is COc1cccc(-c2cc(C(=O)NC3CC3)n(-c3ccc(C)cc3C)n2)c1. The third kappa shape index (κ3) is 3.58. The number of methoxy groups -OCH3 is 1. The Bertz CT molecular complexity index is 1000. The van der Waals surface area contributed by atoms with Crippen LogP contribution in [0.15, 0.2) is 48.5 Å². The third-order valence-electron chi connectivity index (χ3n) is 4.80. The lowest BCUT2D eigenvalue weighted by atomic mass is 10.1. The molecule has 2 aromatic carbocycles. The fourth-order valence-corrected chi connectivity index (χ4v) is 3.18. The Morgan fingerprint density at radius 1 is 1.15 bits per heavy atom. The van der Waals surface area contributed by atoms with Crippen LogP contribution in [-0.4, -0.2) is 28.8 Å². The molecule has 3 aromatic rings. The molecular formula is C22H23N3O2. The first-order valence-electron chi connectivity index (χ1n) is 9.18. The normalized spacial score (nSPS) is 13.4. The molecule has 1 aromatic heterocycles. The summed E-state index contributed by atoms with van der Waals surface area (Å²) in [7, 11) is 1.64. The molecule has 0 atom stereocenters. The Balaban J connectivity index is 1.82. The zero-order valence-corrected chi connectivity index (χ0v) is 15.8. The molecule has 1 amide bonds. The van der Waals surface area contributed by atoms with Crippen molar-refractivity contribution in [3.63, 3.8) is 0 Å². The molecule has 0 unspecified atom stereocenters. The highest BCUT2D eigenvalue weighted by Crippen LogP contribution is 2.27. The smallest absolute Gasteiger partial charge is 0.270 e. The first kappa shape index (κ1) is 17.3. The third-order valence-corrected chi connectivity index (χ3v) is 4.80. The zero-order chi connectivity index (χ0) is 19.0. The molecule has 0 radical (unpaired) electrons. The number of rotatable bonds is 5. The molecule has 5 nitrogen and oxygen atoms in total. The van der Waals surface area contributed by atoms with E-state index in [2.05, 4.69) is 18.3 Å². The van der Waals surface area contributed by atoms with Crippen LogP contribution < -0.4 is 10.1 Å². The van der Waals surface area contributed by atoms with Crippen LogP contribution in [0, 0.1) is 13.8 Å². The van der Waals surface area contributed by atoms with Crippen molar-refractivity contribution >= 4 is 5.91 Å². The number of nitrogens with one attached hydrogen (secondary N) is 1. The van der Waals surface area contributed by atoms with Crippen LogP contribution >= 0.6 is 0 Å². The van der Waals surface area contributed by atoms with Crippen molar-refractivity contribution < 1.29 is 9.53 Å². The van der Waals surface area contributed by atoms with Gasteiger partial charge in [0.1, 0.15) is 11.4 Å². The predicted octanol–water partition coefficient (Wildman–Crippen LogP) is 4.06. The summed E-state index contributed by atoms with van der Waals surface area (Å²) in [6, 6.07) is 16.0. The van der Waals surface area contributed by atoms with E-state index in [4.69, 9.17) is 9.84 Å². The van der Waals surface area contributed by atoms with Gasteiger partial charge in [-0.25, -0.2) is 4.68 Å². The van der Waals surface area contributed by atoms with E-state index in [0.717, 1.165) is 41.1 Å². The minimum Gasteiger partial charge on any atom is -0.497 e. The highest BCUT2D eigenvalue weighted by molar-refractivity contribution is 5.94. The minimum atomic E-state index is -0.0841. The number of carbonyl (C=O) groups excluding carboxylic acids is 1. The number of carbonyl (C=O) groups is 1. The van der Waals surface area contributed by atoms with E-state index in [-0.39, 0.29) is 5.91 Å². The topological polar surface area (TPSA) is 56.1 Å². The van der Waals surface area contributed by atoms with Crippen molar-refractivity contribution in [3.05, 3.63) is 65.4 Å². The molecule has 0 saturated heterocycles. The van der Waals surface area contributed by atoms with E-state index in [1.54, 1.807) is 11.8 Å². The lowest BCUT2D eigenvalue weighted by molar-refractivity contribution is 0.0943. The van der Waals surface area contributed by atoms with Crippen LogP contribution in [0.1, 0.15) is 34.5 Å². The van der Waals surface area contributed by atoms with Crippen molar-refractivity contribution in [2.24, 2.45) is 0 Å². The lowest BCUT2D eigenvalue weighted by Gasteiger charge is -2.11. The van der Waals surface area contributed by atoms with Gasteiger partial charge in [-0.15, -0.1) is 0 Å². The van der Waals surface area contributed by atoms with Gasteiger partial charge in [-0.2, -0.15) is 5.10 Å². The van der Waals surface area contributed by atoms with Gasteiger partial charge in [0.25, 0.3) is 5.91 Å². The number of benzene rings is 2. The fourth-order valence-electron chi connectivity index (χ4n) is 3.18. The Labute approximate surface area is 159 Å². The van der Waals surface area contributed by atoms with Gasteiger partial charge in [-0.05, 0) is 56.5 Å². The van der Waals surface area contributed by atoms with Gasteiger partial charge in [-0.1, -0.05) is 29.8 Å². The molecule has 138 valence electrons. The molecule has 4 rings (SSSR count). The summed E-state index contributed by atoms with van der Waals surface area (Å²) in [5.41, 5.74) is 5.38. The fraction of sp³-hybridized carbons (Fsp3) is 0.273. The second-order valence-corrected chi connectivity index (χ2v) is 7.10. The van der Waals surface area contributed by atoms with Crippen LogP contribution in [0.5, 0.6) is 5.75 Å². The van der Waals surface area contributed by atoms with E-state index in [9.17, 15) is 4.79 Å². The predicted molar refractivity (Wildman–Crippen MR) is 106 cm³/mol. The van der Waals surface area contributed by atoms with E-state index in [1.165, 1.54) is 5.56 Å². The first-order valence-corrected chi connectivity index (χ1v) is 9.18.